The zero-order valence-corrected chi connectivity index (χ0v) is 9.70. The van der Waals surface area contributed by atoms with Crippen molar-refractivity contribution in [2.24, 2.45) is 5.92 Å². The first-order valence-corrected chi connectivity index (χ1v) is 6.17. The molecule has 0 spiro atoms. The van der Waals surface area contributed by atoms with Gasteiger partial charge in [-0.05, 0) is 34.7 Å². The first kappa shape index (κ1) is 12.6. The van der Waals surface area contributed by atoms with Crippen LogP contribution in [-0.2, 0) is 11.2 Å². The lowest BCUT2D eigenvalue weighted by atomic mass is 9.81. The molecule has 0 aliphatic rings. The lowest BCUT2D eigenvalue weighted by Gasteiger charge is -2.12. The van der Waals surface area contributed by atoms with Crippen molar-refractivity contribution >= 4 is 23.8 Å². The van der Waals surface area contributed by atoms with Crippen molar-refractivity contribution in [2.75, 3.05) is 5.75 Å². The molecule has 0 aliphatic carbocycles. The van der Waals surface area contributed by atoms with Crippen molar-refractivity contribution in [2.45, 2.75) is 18.7 Å². The van der Waals surface area contributed by atoms with Gasteiger partial charge in [-0.25, -0.2) is 0 Å². The second-order valence-electron chi connectivity index (χ2n) is 3.85. The Bertz CT molecular complexity index is 300. The van der Waals surface area contributed by atoms with E-state index in [0.29, 0.717) is 17.1 Å². The van der Waals surface area contributed by atoms with E-state index in [1.54, 1.807) is 24.3 Å². The number of hydrogen-bond donors (Lipinski definition) is 2. The van der Waals surface area contributed by atoms with Crippen LogP contribution in [0.2, 0.25) is 0 Å². The summed E-state index contributed by atoms with van der Waals surface area (Å²) < 4.78 is 11.7. The van der Waals surface area contributed by atoms with Gasteiger partial charge >= 0.3 is 7.12 Å². The molecule has 5 heteroatoms. The summed E-state index contributed by atoms with van der Waals surface area (Å²) in [5, 5.41) is 17.8. The van der Waals surface area contributed by atoms with Crippen LogP contribution in [0.1, 0.15) is 13.8 Å². The molecule has 1 rings (SSSR count). The smallest absolute Gasteiger partial charge is 0.488 e. The van der Waals surface area contributed by atoms with Crippen molar-refractivity contribution < 1.29 is 14.6 Å². The van der Waals surface area contributed by atoms with E-state index in [-0.39, 0.29) is 0 Å². The fourth-order valence-electron chi connectivity index (χ4n) is 1.19. The van der Waals surface area contributed by atoms with E-state index in [2.05, 4.69) is 0 Å². The van der Waals surface area contributed by atoms with Crippen molar-refractivity contribution in [1.29, 1.82) is 0 Å². The predicted octanol–water partition coefficient (Wildman–Crippen LogP) is 0.130. The topological polar surface area (TPSA) is 63.5 Å². The van der Waals surface area contributed by atoms with Crippen LogP contribution < -0.4 is 5.46 Å². The van der Waals surface area contributed by atoms with Gasteiger partial charge in [0, 0.05) is 0 Å². The molecule has 0 heterocycles. The molecule has 0 amide bonds. The van der Waals surface area contributed by atoms with E-state index in [4.69, 9.17) is 10.0 Å². The number of benzene rings is 1. The fraction of sp³-hybridized carbons (Fsp3) is 0.400. The molecule has 0 fully saturated rings. The van der Waals surface area contributed by atoms with E-state index < -0.39 is 18.3 Å². The van der Waals surface area contributed by atoms with Gasteiger partial charge in [0.15, 0.2) is 4.90 Å². The SMILES string of the molecule is CC(C)C[S+]([O-])c1ccc(B(O)O)cc1. The van der Waals surface area contributed by atoms with Gasteiger partial charge < -0.3 is 14.6 Å². The van der Waals surface area contributed by atoms with Gasteiger partial charge in [-0.15, -0.1) is 0 Å². The molecule has 0 aliphatic heterocycles. The van der Waals surface area contributed by atoms with E-state index in [1.165, 1.54) is 0 Å². The van der Waals surface area contributed by atoms with Gasteiger partial charge in [0.2, 0.25) is 0 Å². The Labute approximate surface area is 93.5 Å². The third-order valence-corrected chi connectivity index (χ3v) is 3.69. The zero-order valence-electron chi connectivity index (χ0n) is 8.88. The molecule has 0 saturated heterocycles. The van der Waals surface area contributed by atoms with Gasteiger partial charge in [-0.1, -0.05) is 26.0 Å². The molecule has 0 aromatic heterocycles. The van der Waals surface area contributed by atoms with Crippen LogP contribution in [0.3, 0.4) is 0 Å². The van der Waals surface area contributed by atoms with Crippen molar-refractivity contribution in [1.82, 2.24) is 0 Å². The van der Waals surface area contributed by atoms with Crippen molar-refractivity contribution in [3.63, 3.8) is 0 Å². The molecule has 1 atom stereocenters. The Balaban J connectivity index is 2.71. The third-order valence-electron chi connectivity index (χ3n) is 1.93. The van der Waals surface area contributed by atoms with Gasteiger partial charge in [-0.2, -0.15) is 0 Å². The molecule has 0 radical (unpaired) electrons. The Morgan fingerprint density at radius 3 is 2.20 bits per heavy atom. The maximum absolute atomic E-state index is 11.7. The number of hydrogen-bond acceptors (Lipinski definition) is 3. The van der Waals surface area contributed by atoms with Crippen LogP contribution >= 0.6 is 0 Å². The summed E-state index contributed by atoms with van der Waals surface area (Å²) in [5.74, 6) is 1.01. The molecule has 0 bridgehead atoms. The molecule has 15 heavy (non-hydrogen) atoms. The molecule has 3 nitrogen and oxygen atoms in total. The lowest BCUT2D eigenvalue weighted by Crippen LogP contribution is -2.29. The highest BCUT2D eigenvalue weighted by molar-refractivity contribution is 7.91. The third kappa shape index (κ3) is 3.87. The predicted molar refractivity (Wildman–Crippen MR) is 62.4 cm³/mol. The molecule has 1 unspecified atom stereocenters. The monoisotopic (exact) mass is 226 g/mol. The summed E-state index contributed by atoms with van der Waals surface area (Å²) in [6.07, 6.45) is 0. The Morgan fingerprint density at radius 2 is 1.80 bits per heavy atom. The van der Waals surface area contributed by atoms with Crippen molar-refractivity contribution in [3.8, 4) is 0 Å². The summed E-state index contributed by atoms with van der Waals surface area (Å²) in [5.41, 5.74) is 0.417. The molecule has 0 saturated carbocycles. The molecule has 1 aromatic rings. The minimum atomic E-state index is -1.46. The van der Waals surface area contributed by atoms with Crippen LogP contribution in [0.25, 0.3) is 0 Å². The summed E-state index contributed by atoms with van der Waals surface area (Å²) in [6.45, 7) is 4.04. The highest BCUT2D eigenvalue weighted by atomic mass is 32.2. The van der Waals surface area contributed by atoms with E-state index in [0.717, 1.165) is 4.90 Å². The molecule has 1 aromatic carbocycles. The second kappa shape index (κ2) is 5.56. The van der Waals surface area contributed by atoms with Gasteiger partial charge in [-0.3, -0.25) is 0 Å². The first-order valence-electron chi connectivity index (χ1n) is 4.85. The maximum Gasteiger partial charge on any atom is 0.488 e. The maximum atomic E-state index is 11.7. The lowest BCUT2D eigenvalue weighted by molar-refractivity contribution is 0.425. The first-order chi connectivity index (χ1) is 7.00. The van der Waals surface area contributed by atoms with Gasteiger partial charge in [0.05, 0.1) is 0 Å². The molecule has 2 N–H and O–H groups in total. The summed E-state index contributed by atoms with van der Waals surface area (Å²) in [4.78, 5) is 0.730. The summed E-state index contributed by atoms with van der Waals surface area (Å²) >= 11 is -0.998. The van der Waals surface area contributed by atoms with Crippen LogP contribution in [0, 0.1) is 5.92 Å². The molecular weight excluding hydrogens is 211 g/mol. The Kier molecular flexibility index (Phi) is 4.66. The minimum Gasteiger partial charge on any atom is -0.611 e. The average Bonchev–Trinajstić information content (AvgIpc) is 2.17. The van der Waals surface area contributed by atoms with Crippen LogP contribution in [0.5, 0.6) is 0 Å². The Hall–Kier alpha value is -0.485. The van der Waals surface area contributed by atoms with Gasteiger partial charge in [0.25, 0.3) is 0 Å². The van der Waals surface area contributed by atoms with Crippen LogP contribution in [-0.4, -0.2) is 27.5 Å². The summed E-state index contributed by atoms with van der Waals surface area (Å²) in [7, 11) is -1.46. The van der Waals surface area contributed by atoms with Gasteiger partial charge in [0.1, 0.15) is 5.75 Å². The normalized spacial score (nSPS) is 12.9. The number of rotatable bonds is 4. The molecular formula is C10H15BO3S. The van der Waals surface area contributed by atoms with Crippen LogP contribution in [0.15, 0.2) is 29.2 Å². The Morgan fingerprint density at radius 1 is 1.27 bits per heavy atom. The van der Waals surface area contributed by atoms with Crippen LogP contribution in [0.4, 0.5) is 0 Å². The van der Waals surface area contributed by atoms with E-state index in [9.17, 15) is 4.55 Å². The van der Waals surface area contributed by atoms with Crippen molar-refractivity contribution in [3.05, 3.63) is 24.3 Å². The minimum absolute atomic E-state index is 0.383. The molecule has 82 valence electrons. The highest BCUT2D eigenvalue weighted by Gasteiger charge is 2.15. The van der Waals surface area contributed by atoms with E-state index in [1.807, 2.05) is 13.8 Å². The fourth-order valence-corrected chi connectivity index (χ4v) is 2.43. The second-order valence-corrected chi connectivity index (χ2v) is 5.34. The largest absolute Gasteiger partial charge is 0.611 e. The zero-order chi connectivity index (χ0) is 11.4. The standard InChI is InChI=1S/C10H15BO3S/c1-8(2)7-15(14)10-5-3-9(4-6-10)11(12)13/h3-6,8,12-13H,7H2,1-2H3. The van der Waals surface area contributed by atoms with E-state index >= 15 is 0 Å². The summed E-state index contributed by atoms with van der Waals surface area (Å²) in [6, 6.07) is 6.51. The average molecular weight is 226 g/mol. The quantitative estimate of drug-likeness (QED) is 0.566. The highest BCUT2D eigenvalue weighted by Crippen LogP contribution is 2.12.